The van der Waals surface area contributed by atoms with Gasteiger partial charge in [0.2, 0.25) is 23.6 Å². The molecule has 1 rings (SSSR count). The maximum atomic E-state index is 12.5. The third-order valence-corrected chi connectivity index (χ3v) is 5.14. The number of hydrogen-bond acceptors (Lipinski definition) is 9. The Balaban J connectivity index is 2.76. The van der Waals surface area contributed by atoms with Gasteiger partial charge in [0.15, 0.2) is 0 Å². The van der Waals surface area contributed by atoms with Crippen molar-refractivity contribution in [1.82, 2.24) is 16.0 Å². The van der Waals surface area contributed by atoms with Crippen LogP contribution in [0.3, 0.4) is 0 Å². The zero-order valence-electron chi connectivity index (χ0n) is 18.6. The van der Waals surface area contributed by atoms with Gasteiger partial charge in [-0.1, -0.05) is 0 Å². The summed E-state index contributed by atoms with van der Waals surface area (Å²) >= 11 is 0. The fourth-order valence-corrected chi connectivity index (χ4v) is 3.31. The standard InChI is InChI=1S/C19H32N4O10/c1-7(18(31)23-10(17(20)30)4-5-13(27)28)21-19(32)8(2)33-16-14(22-9(3)24)11(25)6-12(26)15(16)29/h7-8,10-12,14-16,25-26,29H,4-6H2,1-3H3,(H2,20,30)(H,21,32)(H,22,24)(H,23,31)(H,27,28)/t7-,8+,10+,11-,12-,14-,15+,16+/m0/s1. The zero-order valence-corrected chi connectivity index (χ0v) is 18.6. The van der Waals surface area contributed by atoms with Crippen LogP contribution in [0.5, 0.6) is 0 Å². The summed E-state index contributed by atoms with van der Waals surface area (Å²) in [6.45, 7) is 3.79. The quantitative estimate of drug-likeness (QED) is 0.144. The van der Waals surface area contributed by atoms with Crippen LogP contribution in [0.15, 0.2) is 0 Å². The number of hydrogen-bond donors (Lipinski definition) is 8. The minimum Gasteiger partial charge on any atom is -0.481 e. The van der Waals surface area contributed by atoms with E-state index in [1.165, 1.54) is 20.8 Å². The predicted octanol–water partition coefficient (Wildman–Crippen LogP) is -3.91. The second-order valence-electron chi connectivity index (χ2n) is 7.96. The van der Waals surface area contributed by atoms with E-state index in [2.05, 4.69) is 16.0 Å². The molecule has 0 radical (unpaired) electrons. The Morgan fingerprint density at radius 1 is 1.03 bits per heavy atom. The number of carbonyl (C=O) groups excluding carboxylic acids is 4. The maximum absolute atomic E-state index is 12.5. The van der Waals surface area contributed by atoms with E-state index in [-0.39, 0.29) is 12.8 Å². The van der Waals surface area contributed by atoms with Gasteiger partial charge in [0, 0.05) is 19.8 Å². The number of carboxylic acid groups (broad SMARTS) is 1. The predicted molar refractivity (Wildman–Crippen MR) is 110 cm³/mol. The van der Waals surface area contributed by atoms with Crippen LogP contribution in [0, 0.1) is 0 Å². The molecular weight excluding hydrogens is 444 g/mol. The fourth-order valence-electron chi connectivity index (χ4n) is 3.31. The van der Waals surface area contributed by atoms with Crippen molar-refractivity contribution in [2.24, 2.45) is 5.73 Å². The number of aliphatic hydroxyl groups excluding tert-OH is 3. The third-order valence-electron chi connectivity index (χ3n) is 5.14. The summed E-state index contributed by atoms with van der Waals surface area (Å²) < 4.78 is 5.52. The van der Waals surface area contributed by atoms with Gasteiger partial charge < -0.3 is 46.8 Å². The fraction of sp³-hybridized carbons (Fsp3) is 0.737. The van der Waals surface area contributed by atoms with Gasteiger partial charge in [0.05, 0.1) is 18.2 Å². The molecule has 0 aromatic heterocycles. The molecule has 8 atom stereocenters. The highest BCUT2D eigenvalue weighted by molar-refractivity contribution is 5.92. The van der Waals surface area contributed by atoms with Crippen molar-refractivity contribution in [1.29, 1.82) is 0 Å². The Morgan fingerprint density at radius 2 is 1.64 bits per heavy atom. The van der Waals surface area contributed by atoms with Gasteiger partial charge >= 0.3 is 5.97 Å². The number of carbonyl (C=O) groups is 5. The van der Waals surface area contributed by atoms with Crippen molar-refractivity contribution in [3.63, 3.8) is 0 Å². The summed E-state index contributed by atoms with van der Waals surface area (Å²) in [6.07, 6.45) is -7.57. The van der Waals surface area contributed by atoms with Crippen molar-refractivity contribution >= 4 is 29.6 Å². The van der Waals surface area contributed by atoms with Crippen LogP contribution in [0.2, 0.25) is 0 Å². The third kappa shape index (κ3) is 8.57. The minimum absolute atomic E-state index is 0.216. The summed E-state index contributed by atoms with van der Waals surface area (Å²) in [7, 11) is 0. The molecule has 0 aliphatic heterocycles. The molecule has 0 aromatic rings. The molecule has 14 nitrogen and oxygen atoms in total. The van der Waals surface area contributed by atoms with Crippen molar-refractivity contribution in [3.8, 4) is 0 Å². The lowest BCUT2D eigenvalue weighted by Gasteiger charge is -2.42. The Hall–Kier alpha value is -2.81. The van der Waals surface area contributed by atoms with Crippen LogP contribution >= 0.6 is 0 Å². The van der Waals surface area contributed by atoms with Crippen molar-refractivity contribution < 1.29 is 49.1 Å². The molecule has 4 amide bonds. The van der Waals surface area contributed by atoms with E-state index >= 15 is 0 Å². The number of aliphatic carboxylic acids is 1. The Bertz CT molecular complexity index is 748. The average molecular weight is 476 g/mol. The van der Waals surface area contributed by atoms with Crippen LogP contribution in [0.1, 0.15) is 40.0 Å². The number of rotatable bonds is 11. The molecule has 0 unspecified atom stereocenters. The van der Waals surface area contributed by atoms with Gasteiger partial charge in [-0.25, -0.2) is 0 Å². The maximum Gasteiger partial charge on any atom is 0.303 e. The first-order valence-electron chi connectivity index (χ1n) is 10.3. The number of nitrogens with one attached hydrogen (secondary N) is 3. The SMILES string of the molecule is CC(=O)N[C@@H]1[C@@H](O[C@H](C)C(=O)N[C@@H](C)C(=O)N[C@H](CCC(=O)O)C(N)=O)[C@H](O)[C@@H](O)C[C@@H]1O. The number of aliphatic hydroxyl groups is 3. The van der Waals surface area contributed by atoms with E-state index in [1.54, 1.807) is 0 Å². The van der Waals surface area contributed by atoms with Crippen LogP contribution in [-0.4, -0.2) is 98.7 Å². The van der Waals surface area contributed by atoms with Gasteiger partial charge in [0.25, 0.3) is 0 Å². The van der Waals surface area contributed by atoms with E-state index in [0.29, 0.717) is 0 Å². The lowest BCUT2D eigenvalue weighted by atomic mass is 9.85. The van der Waals surface area contributed by atoms with Crippen LogP contribution in [0.4, 0.5) is 0 Å². The van der Waals surface area contributed by atoms with Gasteiger partial charge in [-0.3, -0.25) is 24.0 Å². The first-order valence-corrected chi connectivity index (χ1v) is 10.3. The number of amides is 4. The molecular formula is C19H32N4O10. The molecule has 1 aliphatic rings. The second kappa shape index (κ2) is 12.4. The van der Waals surface area contributed by atoms with E-state index in [9.17, 15) is 39.3 Å². The minimum atomic E-state index is -1.51. The monoisotopic (exact) mass is 476 g/mol. The number of ether oxygens (including phenoxy) is 1. The molecule has 0 aromatic carbocycles. The average Bonchev–Trinajstić information content (AvgIpc) is 2.70. The number of nitrogens with two attached hydrogens (primary N) is 1. The molecule has 0 heterocycles. The lowest BCUT2D eigenvalue weighted by molar-refractivity contribution is -0.178. The zero-order chi connectivity index (χ0) is 25.5. The molecule has 0 spiro atoms. The van der Waals surface area contributed by atoms with Gasteiger partial charge in [-0.2, -0.15) is 0 Å². The molecule has 0 saturated heterocycles. The molecule has 9 N–H and O–H groups in total. The van der Waals surface area contributed by atoms with Crippen molar-refractivity contribution in [2.75, 3.05) is 0 Å². The molecule has 14 heteroatoms. The Kier molecular flexibility index (Phi) is 10.6. The Morgan fingerprint density at radius 3 is 2.15 bits per heavy atom. The van der Waals surface area contributed by atoms with Crippen molar-refractivity contribution in [2.45, 2.75) is 88.7 Å². The molecule has 1 aliphatic carbocycles. The highest BCUT2D eigenvalue weighted by Gasteiger charge is 2.45. The largest absolute Gasteiger partial charge is 0.481 e. The second-order valence-corrected chi connectivity index (χ2v) is 7.96. The number of primary amides is 1. The van der Waals surface area contributed by atoms with Gasteiger partial charge in [0.1, 0.15) is 30.4 Å². The molecule has 33 heavy (non-hydrogen) atoms. The summed E-state index contributed by atoms with van der Waals surface area (Å²) in [5.41, 5.74) is 5.16. The molecule has 0 bridgehead atoms. The van der Waals surface area contributed by atoms with Crippen LogP contribution in [0.25, 0.3) is 0 Å². The molecule has 1 saturated carbocycles. The highest BCUT2D eigenvalue weighted by atomic mass is 16.5. The Labute approximate surface area is 189 Å². The summed E-state index contributed by atoms with van der Waals surface area (Å²) in [6, 6.07) is -3.52. The van der Waals surface area contributed by atoms with Gasteiger partial charge in [-0.05, 0) is 20.3 Å². The first-order chi connectivity index (χ1) is 15.2. The molecule has 1 fully saturated rings. The van der Waals surface area contributed by atoms with Crippen molar-refractivity contribution in [3.05, 3.63) is 0 Å². The summed E-state index contributed by atoms with van der Waals surface area (Å²) in [5.74, 6) is -4.25. The lowest BCUT2D eigenvalue weighted by Crippen LogP contribution is -2.64. The van der Waals surface area contributed by atoms with Crippen LogP contribution in [-0.2, 0) is 28.7 Å². The molecule has 188 valence electrons. The van der Waals surface area contributed by atoms with E-state index in [0.717, 1.165) is 0 Å². The number of carboxylic acids is 1. The van der Waals surface area contributed by atoms with E-state index in [1.807, 2.05) is 0 Å². The highest BCUT2D eigenvalue weighted by Crippen LogP contribution is 2.24. The van der Waals surface area contributed by atoms with E-state index < -0.39 is 84.7 Å². The first kappa shape index (κ1) is 28.2. The summed E-state index contributed by atoms with van der Waals surface area (Å²) in [5, 5.41) is 46.1. The van der Waals surface area contributed by atoms with Crippen LogP contribution < -0.4 is 21.7 Å². The smallest absolute Gasteiger partial charge is 0.303 e. The summed E-state index contributed by atoms with van der Waals surface area (Å²) in [4.78, 5) is 58.3. The normalized spacial score (nSPS) is 27.5. The van der Waals surface area contributed by atoms with E-state index in [4.69, 9.17) is 15.6 Å². The topological polar surface area (TPSA) is 238 Å². The van der Waals surface area contributed by atoms with Gasteiger partial charge in [-0.15, -0.1) is 0 Å².